The molecule has 39 heavy (non-hydrogen) atoms. The van der Waals surface area contributed by atoms with Crippen LogP contribution in [0.2, 0.25) is 5.02 Å². The third-order valence-corrected chi connectivity index (χ3v) is 7.96. The lowest BCUT2D eigenvalue weighted by atomic mass is 9.82. The van der Waals surface area contributed by atoms with E-state index in [-0.39, 0.29) is 0 Å². The molecule has 1 unspecified atom stereocenters. The number of hydrogen-bond donors (Lipinski definition) is 4. The number of nitrogens with one attached hydrogen (secondary N) is 4. The lowest BCUT2D eigenvalue weighted by Crippen LogP contribution is -2.42. The Morgan fingerprint density at radius 3 is 2.72 bits per heavy atom. The smallest absolute Gasteiger partial charge is 0.149 e. The molecule has 1 atom stereocenters. The summed E-state index contributed by atoms with van der Waals surface area (Å²) in [4.78, 5) is 9.33. The van der Waals surface area contributed by atoms with E-state index in [2.05, 4.69) is 54.6 Å². The van der Waals surface area contributed by atoms with E-state index in [4.69, 9.17) is 21.3 Å². The van der Waals surface area contributed by atoms with Crippen LogP contribution < -0.4 is 16.0 Å². The summed E-state index contributed by atoms with van der Waals surface area (Å²) in [5, 5.41) is 35.1. The molecule has 0 spiro atoms. The van der Waals surface area contributed by atoms with E-state index in [1.54, 1.807) is 6.20 Å². The minimum atomic E-state index is -0.428. The van der Waals surface area contributed by atoms with Gasteiger partial charge < -0.3 is 20.7 Å². The van der Waals surface area contributed by atoms with Crippen LogP contribution in [0.25, 0.3) is 11.3 Å². The maximum atomic E-state index is 9.75. The number of nitriles is 1. The first-order chi connectivity index (χ1) is 19.0. The molecule has 4 heterocycles. The maximum Gasteiger partial charge on any atom is 0.149 e. The minimum Gasteiger partial charge on any atom is -0.381 e. The Hall–Kier alpha value is -3.33. The van der Waals surface area contributed by atoms with Crippen LogP contribution in [0, 0.1) is 16.7 Å². The van der Waals surface area contributed by atoms with Gasteiger partial charge in [-0.1, -0.05) is 17.7 Å². The summed E-state index contributed by atoms with van der Waals surface area (Å²) in [7, 11) is 0. The van der Waals surface area contributed by atoms with Gasteiger partial charge in [0.1, 0.15) is 17.5 Å². The van der Waals surface area contributed by atoms with Gasteiger partial charge in [0.2, 0.25) is 0 Å². The molecule has 2 aliphatic rings. The Labute approximate surface area is 233 Å². The highest BCUT2D eigenvalue weighted by molar-refractivity contribution is 6.33. The minimum absolute atomic E-state index is 0.301. The molecular formula is C27H35ClN10O. The zero-order valence-corrected chi connectivity index (χ0v) is 22.9. The summed E-state index contributed by atoms with van der Waals surface area (Å²) in [6.45, 7) is 3.93. The van der Waals surface area contributed by atoms with Crippen LogP contribution in [0.1, 0.15) is 51.3 Å². The van der Waals surface area contributed by atoms with Crippen molar-refractivity contribution in [1.29, 1.82) is 5.26 Å². The molecule has 2 fully saturated rings. The number of pyridine rings is 2. The van der Waals surface area contributed by atoms with Gasteiger partial charge in [-0.2, -0.15) is 5.26 Å². The Kier molecular flexibility index (Phi) is 8.86. The van der Waals surface area contributed by atoms with Crippen molar-refractivity contribution in [2.45, 2.75) is 70.0 Å². The van der Waals surface area contributed by atoms with Crippen LogP contribution in [0.15, 0.2) is 30.5 Å². The fourth-order valence-corrected chi connectivity index (χ4v) is 5.58. The second-order valence-corrected chi connectivity index (χ2v) is 11.0. The third-order valence-electron chi connectivity index (χ3n) is 7.66. The largest absolute Gasteiger partial charge is 0.381 e. The lowest BCUT2D eigenvalue weighted by Gasteiger charge is -2.32. The van der Waals surface area contributed by atoms with Gasteiger partial charge >= 0.3 is 0 Å². The zero-order valence-electron chi connectivity index (χ0n) is 22.2. The normalized spacial score (nSPS) is 21.6. The van der Waals surface area contributed by atoms with Gasteiger partial charge in [-0.25, -0.2) is 15.1 Å². The maximum absolute atomic E-state index is 9.75. The van der Waals surface area contributed by atoms with Crippen LogP contribution in [-0.2, 0) is 11.2 Å². The monoisotopic (exact) mass is 550 g/mol. The molecule has 3 aromatic rings. The van der Waals surface area contributed by atoms with Gasteiger partial charge in [-0.05, 0) is 74.1 Å². The van der Waals surface area contributed by atoms with Gasteiger partial charge in [0.05, 0.1) is 22.2 Å². The standard InChI is InChI=1S/C27H35ClN10O/c1-18(13-26-35-37-38-36-26)32-19-5-7-20(8-6-19)33-25-14-21(22(28)15-30-25)23-3-2-4-24(34-23)31-17-27(16-29)9-11-39-12-10-27/h2-4,14-15,18-20,32H,5-13,17H2,1H3,(H,30,33)(H,31,34)(H,35,36,37,38)/t18?,19-,20-. The highest BCUT2D eigenvalue weighted by atomic mass is 35.5. The number of ether oxygens (including phenoxy) is 1. The molecule has 0 aromatic carbocycles. The highest BCUT2D eigenvalue weighted by Crippen LogP contribution is 2.32. The first-order valence-electron chi connectivity index (χ1n) is 13.6. The number of hydrogen-bond acceptors (Lipinski definition) is 10. The van der Waals surface area contributed by atoms with Crippen molar-refractivity contribution in [1.82, 2.24) is 35.9 Å². The Balaban J connectivity index is 1.16. The Morgan fingerprint density at radius 1 is 1.18 bits per heavy atom. The van der Waals surface area contributed by atoms with Gasteiger partial charge in [-0.3, -0.25) is 0 Å². The van der Waals surface area contributed by atoms with E-state index < -0.39 is 5.41 Å². The van der Waals surface area contributed by atoms with Gasteiger partial charge in [0, 0.05) is 56.1 Å². The van der Waals surface area contributed by atoms with Gasteiger partial charge in [0.25, 0.3) is 0 Å². The summed E-state index contributed by atoms with van der Waals surface area (Å²) >= 11 is 6.56. The number of aromatic amines is 1. The summed E-state index contributed by atoms with van der Waals surface area (Å²) in [6.07, 6.45) is 8.18. The summed E-state index contributed by atoms with van der Waals surface area (Å²) in [5.74, 6) is 2.31. The highest BCUT2D eigenvalue weighted by Gasteiger charge is 2.32. The number of H-pyrrole nitrogens is 1. The molecule has 0 radical (unpaired) electrons. The predicted octanol–water partition coefficient (Wildman–Crippen LogP) is 3.99. The van der Waals surface area contributed by atoms with Crippen LogP contribution in [0.5, 0.6) is 0 Å². The van der Waals surface area contributed by atoms with Crippen molar-refractivity contribution in [2.24, 2.45) is 5.41 Å². The van der Waals surface area contributed by atoms with E-state index in [9.17, 15) is 5.26 Å². The molecule has 11 nitrogen and oxygen atoms in total. The van der Waals surface area contributed by atoms with E-state index >= 15 is 0 Å². The number of halogens is 1. The molecule has 206 valence electrons. The average molecular weight is 551 g/mol. The fraction of sp³-hybridized carbons (Fsp3) is 0.556. The topological polar surface area (TPSA) is 149 Å². The summed E-state index contributed by atoms with van der Waals surface area (Å²) < 4.78 is 5.44. The van der Waals surface area contributed by atoms with Crippen molar-refractivity contribution in [2.75, 3.05) is 30.4 Å². The van der Waals surface area contributed by atoms with Crippen LogP contribution in [-0.4, -0.2) is 68.5 Å². The zero-order chi connectivity index (χ0) is 27.1. The van der Waals surface area contributed by atoms with E-state index in [1.165, 1.54) is 0 Å². The first-order valence-corrected chi connectivity index (χ1v) is 14.0. The second-order valence-electron chi connectivity index (χ2n) is 10.6. The molecule has 1 aliphatic heterocycles. The molecule has 0 amide bonds. The molecule has 0 bridgehead atoms. The quantitative estimate of drug-likeness (QED) is 0.292. The van der Waals surface area contributed by atoms with E-state index in [0.29, 0.717) is 42.9 Å². The van der Waals surface area contributed by atoms with Crippen LogP contribution in [0.3, 0.4) is 0 Å². The second kappa shape index (κ2) is 12.7. The number of nitrogens with zero attached hydrogens (tertiary/aromatic N) is 6. The summed E-state index contributed by atoms with van der Waals surface area (Å²) in [5.41, 5.74) is 1.16. The van der Waals surface area contributed by atoms with Crippen molar-refractivity contribution in [3.05, 3.63) is 41.3 Å². The lowest BCUT2D eigenvalue weighted by molar-refractivity contribution is 0.0455. The third kappa shape index (κ3) is 7.20. The van der Waals surface area contributed by atoms with Crippen LogP contribution >= 0.6 is 11.6 Å². The van der Waals surface area contributed by atoms with E-state index in [0.717, 1.165) is 73.7 Å². The molecule has 1 aliphatic carbocycles. The molecule has 12 heteroatoms. The number of tetrazole rings is 1. The predicted molar refractivity (Wildman–Crippen MR) is 149 cm³/mol. The van der Waals surface area contributed by atoms with E-state index in [1.807, 2.05) is 24.3 Å². The number of aromatic nitrogens is 6. The molecule has 1 saturated carbocycles. The fourth-order valence-electron chi connectivity index (χ4n) is 5.38. The van der Waals surface area contributed by atoms with Crippen LogP contribution in [0.4, 0.5) is 11.6 Å². The summed E-state index contributed by atoms with van der Waals surface area (Å²) in [6, 6.07) is 11.4. The van der Waals surface area contributed by atoms with Crippen molar-refractivity contribution >= 4 is 23.2 Å². The van der Waals surface area contributed by atoms with Crippen molar-refractivity contribution in [3.8, 4) is 17.3 Å². The van der Waals surface area contributed by atoms with Crippen molar-refractivity contribution < 1.29 is 4.74 Å². The van der Waals surface area contributed by atoms with Crippen molar-refractivity contribution in [3.63, 3.8) is 0 Å². The SMILES string of the molecule is CC(Cc1nnn[nH]1)N[C@H]1CC[C@H](Nc2cc(-c3cccc(NCC4(C#N)CCOCC4)n3)c(Cl)cn2)CC1. The number of anilines is 2. The molecule has 3 aromatic heterocycles. The number of rotatable bonds is 10. The molecule has 5 rings (SSSR count). The molecule has 1 saturated heterocycles. The molecule has 4 N–H and O–H groups in total. The molecular weight excluding hydrogens is 516 g/mol. The van der Waals surface area contributed by atoms with Gasteiger partial charge in [-0.15, -0.1) is 5.10 Å². The first kappa shape index (κ1) is 27.2. The Morgan fingerprint density at radius 2 is 1.97 bits per heavy atom. The Bertz CT molecular complexity index is 1250. The average Bonchev–Trinajstić information content (AvgIpc) is 3.47. The van der Waals surface area contributed by atoms with Gasteiger partial charge in [0.15, 0.2) is 0 Å².